The van der Waals surface area contributed by atoms with Crippen molar-refractivity contribution in [2.45, 2.75) is 25.4 Å². The molecule has 0 spiro atoms. The van der Waals surface area contributed by atoms with Crippen LogP contribution in [0, 0.1) is 5.82 Å². The second-order valence-corrected chi connectivity index (χ2v) is 5.03. The molecule has 0 unspecified atom stereocenters. The molecule has 102 valence electrons. The molecule has 0 N–H and O–H groups in total. The Morgan fingerprint density at radius 3 is 2.45 bits per heavy atom. The van der Waals surface area contributed by atoms with Crippen LogP contribution in [0.2, 0.25) is 0 Å². The zero-order chi connectivity index (χ0) is 13.9. The molecule has 3 rings (SSSR count). The molecule has 2 aromatic rings. The predicted octanol–water partition coefficient (Wildman–Crippen LogP) is 3.79. The van der Waals surface area contributed by atoms with Crippen LogP contribution < -0.4 is 4.74 Å². The summed E-state index contributed by atoms with van der Waals surface area (Å²) in [5.41, 5.74) is 1.01. The minimum absolute atomic E-state index is 0.0789. The van der Waals surface area contributed by atoms with Crippen molar-refractivity contribution in [2.24, 2.45) is 0 Å². The lowest BCUT2D eigenvalue weighted by Crippen LogP contribution is -2.05. The molecule has 1 saturated carbocycles. The fourth-order valence-electron chi connectivity index (χ4n) is 2.01. The van der Waals surface area contributed by atoms with E-state index in [4.69, 9.17) is 4.74 Å². The highest BCUT2D eigenvalue weighted by Gasteiger charge is 2.23. The van der Waals surface area contributed by atoms with Crippen molar-refractivity contribution in [3.8, 4) is 5.75 Å². The Balaban J connectivity index is 1.68. The number of ketones is 1. The topological polar surface area (TPSA) is 26.3 Å². The molecule has 0 saturated heterocycles. The van der Waals surface area contributed by atoms with E-state index in [1.165, 1.54) is 6.07 Å². The van der Waals surface area contributed by atoms with Gasteiger partial charge in [0, 0.05) is 12.0 Å². The van der Waals surface area contributed by atoms with Gasteiger partial charge in [-0.1, -0.05) is 18.2 Å². The predicted molar refractivity (Wildman–Crippen MR) is 74.5 cm³/mol. The summed E-state index contributed by atoms with van der Waals surface area (Å²) >= 11 is 0. The third-order valence-corrected chi connectivity index (χ3v) is 3.31. The summed E-state index contributed by atoms with van der Waals surface area (Å²) in [6.45, 7) is 0. The minimum atomic E-state index is -0.338. The summed E-state index contributed by atoms with van der Waals surface area (Å²) in [4.78, 5) is 12.1. The van der Waals surface area contributed by atoms with Crippen molar-refractivity contribution in [3.63, 3.8) is 0 Å². The third-order valence-electron chi connectivity index (χ3n) is 3.31. The molecule has 20 heavy (non-hydrogen) atoms. The van der Waals surface area contributed by atoms with Crippen LogP contribution in [0.15, 0.2) is 48.5 Å². The Hall–Kier alpha value is -2.16. The number of benzene rings is 2. The first-order valence-corrected chi connectivity index (χ1v) is 6.76. The summed E-state index contributed by atoms with van der Waals surface area (Å²) in [6.07, 6.45) is 2.63. The first-order chi connectivity index (χ1) is 9.72. The van der Waals surface area contributed by atoms with E-state index in [1.54, 1.807) is 42.5 Å². The summed E-state index contributed by atoms with van der Waals surface area (Å²) in [6, 6.07) is 13.4. The van der Waals surface area contributed by atoms with E-state index in [9.17, 15) is 9.18 Å². The zero-order valence-corrected chi connectivity index (χ0v) is 11.0. The quantitative estimate of drug-likeness (QED) is 0.773. The van der Waals surface area contributed by atoms with Gasteiger partial charge >= 0.3 is 0 Å². The Morgan fingerprint density at radius 1 is 1.10 bits per heavy atom. The van der Waals surface area contributed by atoms with Gasteiger partial charge in [0.2, 0.25) is 0 Å². The first-order valence-electron chi connectivity index (χ1n) is 6.76. The van der Waals surface area contributed by atoms with Crippen LogP contribution in [0.1, 0.15) is 28.8 Å². The number of Topliss-reactive ketones (excluding diaryl/α,β-unsaturated/α-hetero) is 1. The van der Waals surface area contributed by atoms with Crippen LogP contribution in [0.3, 0.4) is 0 Å². The molecule has 0 heterocycles. The summed E-state index contributed by atoms with van der Waals surface area (Å²) in [7, 11) is 0. The Labute approximate surface area is 117 Å². The highest BCUT2D eigenvalue weighted by atomic mass is 19.1. The van der Waals surface area contributed by atoms with E-state index in [-0.39, 0.29) is 18.0 Å². The molecule has 3 heteroatoms. The molecule has 0 atom stereocenters. The fourth-order valence-corrected chi connectivity index (χ4v) is 2.01. The van der Waals surface area contributed by atoms with Crippen LogP contribution >= 0.6 is 0 Å². The van der Waals surface area contributed by atoms with E-state index in [2.05, 4.69) is 0 Å². The lowest BCUT2D eigenvalue weighted by atomic mass is 10.0. The summed E-state index contributed by atoms with van der Waals surface area (Å²) < 4.78 is 19.1. The normalized spacial score (nSPS) is 14.1. The van der Waals surface area contributed by atoms with Crippen LogP contribution in [0.4, 0.5) is 4.39 Å². The zero-order valence-electron chi connectivity index (χ0n) is 11.0. The molecular weight excluding hydrogens is 255 g/mol. The molecule has 0 aromatic heterocycles. The average Bonchev–Trinajstić information content (AvgIpc) is 3.26. The van der Waals surface area contributed by atoms with Gasteiger partial charge in [0.1, 0.15) is 11.6 Å². The number of halogens is 1. The first kappa shape index (κ1) is 12.9. The van der Waals surface area contributed by atoms with Crippen molar-refractivity contribution in [1.29, 1.82) is 0 Å². The van der Waals surface area contributed by atoms with Gasteiger partial charge in [0.05, 0.1) is 6.10 Å². The van der Waals surface area contributed by atoms with E-state index in [1.807, 2.05) is 0 Å². The number of rotatable bonds is 5. The minimum Gasteiger partial charge on any atom is -0.490 e. The highest BCUT2D eigenvalue weighted by Crippen LogP contribution is 2.26. The third kappa shape index (κ3) is 3.05. The number of hydrogen-bond donors (Lipinski definition) is 0. The van der Waals surface area contributed by atoms with E-state index in [0.29, 0.717) is 17.2 Å². The van der Waals surface area contributed by atoms with Gasteiger partial charge in [-0.2, -0.15) is 0 Å². The summed E-state index contributed by atoms with van der Waals surface area (Å²) in [5.74, 6) is 0.359. The second kappa shape index (κ2) is 5.45. The average molecular weight is 270 g/mol. The van der Waals surface area contributed by atoms with Crippen molar-refractivity contribution in [3.05, 3.63) is 65.5 Å². The van der Waals surface area contributed by atoms with Crippen molar-refractivity contribution in [2.75, 3.05) is 0 Å². The van der Waals surface area contributed by atoms with Crippen molar-refractivity contribution >= 4 is 5.78 Å². The van der Waals surface area contributed by atoms with Gasteiger partial charge in [-0.25, -0.2) is 4.39 Å². The molecule has 0 radical (unpaired) electrons. The number of carbonyl (C=O) groups excluding carboxylic acids is 1. The fraction of sp³-hybridized carbons (Fsp3) is 0.235. The van der Waals surface area contributed by atoms with Crippen LogP contribution in [-0.2, 0) is 6.42 Å². The van der Waals surface area contributed by atoms with Gasteiger partial charge in [-0.15, -0.1) is 0 Å². The van der Waals surface area contributed by atoms with E-state index < -0.39 is 0 Å². The SMILES string of the molecule is O=C(Cc1ccccc1F)c1ccc(OC2CC2)cc1. The monoisotopic (exact) mass is 270 g/mol. The molecule has 1 aliphatic carbocycles. The Morgan fingerprint density at radius 2 is 1.80 bits per heavy atom. The lowest BCUT2D eigenvalue weighted by Gasteiger charge is -2.06. The molecule has 0 aliphatic heterocycles. The molecule has 0 bridgehead atoms. The Bertz CT molecular complexity index is 615. The standard InChI is InChI=1S/C17H15FO2/c18-16-4-2-1-3-13(16)11-17(19)12-5-7-14(8-6-12)20-15-9-10-15/h1-8,15H,9-11H2. The number of ether oxygens (including phenoxy) is 1. The van der Waals surface area contributed by atoms with Crippen LogP contribution in [0.25, 0.3) is 0 Å². The molecule has 2 nitrogen and oxygen atoms in total. The number of carbonyl (C=O) groups is 1. The molecule has 1 fully saturated rings. The van der Waals surface area contributed by atoms with Gasteiger partial charge in [-0.05, 0) is 48.7 Å². The maximum Gasteiger partial charge on any atom is 0.167 e. The molecule has 1 aliphatic rings. The van der Waals surface area contributed by atoms with Crippen LogP contribution in [-0.4, -0.2) is 11.9 Å². The largest absolute Gasteiger partial charge is 0.490 e. The molecule has 2 aromatic carbocycles. The highest BCUT2D eigenvalue weighted by molar-refractivity contribution is 5.97. The van der Waals surface area contributed by atoms with Gasteiger partial charge in [-0.3, -0.25) is 4.79 Å². The lowest BCUT2D eigenvalue weighted by molar-refractivity contribution is 0.0992. The Kier molecular flexibility index (Phi) is 3.50. The molecule has 0 amide bonds. The van der Waals surface area contributed by atoms with Gasteiger partial charge in [0.15, 0.2) is 5.78 Å². The molecular formula is C17H15FO2. The van der Waals surface area contributed by atoms with Crippen molar-refractivity contribution < 1.29 is 13.9 Å². The second-order valence-electron chi connectivity index (χ2n) is 5.03. The summed E-state index contributed by atoms with van der Waals surface area (Å²) in [5, 5.41) is 0. The van der Waals surface area contributed by atoms with Gasteiger partial charge < -0.3 is 4.74 Å². The van der Waals surface area contributed by atoms with E-state index >= 15 is 0 Å². The smallest absolute Gasteiger partial charge is 0.167 e. The van der Waals surface area contributed by atoms with E-state index in [0.717, 1.165) is 18.6 Å². The maximum atomic E-state index is 13.5. The van der Waals surface area contributed by atoms with Crippen LogP contribution in [0.5, 0.6) is 5.75 Å². The maximum absolute atomic E-state index is 13.5. The van der Waals surface area contributed by atoms with Gasteiger partial charge in [0.25, 0.3) is 0 Å². The number of hydrogen-bond acceptors (Lipinski definition) is 2. The van der Waals surface area contributed by atoms with Crippen molar-refractivity contribution in [1.82, 2.24) is 0 Å².